The third-order valence-electron chi connectivity index (χ3n) is 6.77. The Labute approximate surface area is 222 Å². The Kier molecular flexibility index (Phi) is 8.05. The summed E-state index contributed by atoms with van der Waals surface area (Å²) in [5.41, 5.74) is 3.27. The molecule has 0 N–H and O–H groups in total. The number of hydrogen-bond acceptors (Lipinski definition) is 8. The molecule has 3 aromatic carbocycles. The Morgan fingerprint density at radius 1 is 0.658 bits per heavy atom. The lowest BCUT2D eigenvalue weighted by Crippen LogP contribution is -2.40. The highest BCUT2D eigenvalue weighted by Gasteiger charge is 2.35. The van der Waals surface area contributed by atoms with E-state index in [-0.39, 0.29) is 5.91 Å². The minimum absolute atomic E-state index is 0.190. The highest BCUT2D eigenvalue weighted by molar-refractivity contribution is 5.96. The van der Waals surface area contributed by atoms with Crippen molar-refractivity contribution >= 4 is 5.91 Å². The maximum Gasteiger partial charge on any atom is 0.254 e. The van der Waals surface area contributed by atoms with E-state index in [1.165, 1.54) is 21.3 Å². The molecule has 4 rings (SSSR count). The number of benzene rings is 3. The van der Waals surface area contributed by atoms with Crippen LogP contribution in [-0.4, -0.2) is 67.1 Å². The molecule has 202 valence electrons. The van der Waals surface area contributed by atoms with Crippen molar-refractivity contribution in [1.82, 2.24) is 4.90 Å². The zero-order chi connectivity index (χ0) is 27.4. The van der Waals surface area contributed by atoms with Crippen molar-refractivity contribution in [3.05, 3.63) is 64.7 Å². The SMILES string of the molecule is COc1ccc(C2c3cc(OC)c(OC)cc3CCN2C(=O)c2cc(OC)c(OC)c(OC)c2)cc1OC. The lowest BCUT2D eigenvalue weighted by molar-refractivity contribution is 0.0693. The first kappa shape index (κ1) is 26.8. The average molecular weight is 524 g/mol. The summed E-state index contributed by atoms with van der Waals surface area (Å²) in [7, 11) is 11.0. The summed E-state index contributed by atoms with van der Waals surface area (Å²) >= 11 is 0. The molecule has 1 heterocycles. The van der Waals surface area contributed by atoms with Crippen LogP contribution >= 0.6 is 0 Å². The molecule has 9 nitrogen and oxygen atoms in total. The van der Waals surface area contributed by atoms with Gasteiger partial charge in [-0.1, -0.05) is 6.07 Å². The van der Waals surface area contributed by atoms with E-state index >= 15 is 0 Å². The van der Waals surface area contributed by atoms with Gasteiger partial charge in [-0.2, -0.15) is 0 Å². The molecule has 0 saturated heterocycles. The quantitative estimate of drug-likeness (QED) is 0.404. The normalized spacial score (nSPS) is 14.3. The molecule has 38 heavy (non-hydrogen) atoms. The number of carbonyl (C=O) groups excluding carboxylic acids is 1. The fourth-order valence-corrected chi connectivity index (χ4v) is 4.92. The second-order valence-electron chi connectivity index (χ2n) is 8.59. The molecule has 0 fully saturated rings. The van der Waals surface area contributed by atoms with Crippen LogP contribution < -0.4 is 33.2 Å². The van der Waals surface area contributed by atoms with E-state index in [0.29, 0.717) is 58.8 Å². The van der Waals surface area contributed by atoms with Gasteiger partial charge in [0.1, 0.15) is 0 Å². The molecule has 1 atom stereocenters. The van der Waals surface area contributed by atoms with E-state index < -0.39 is 6.04 Å². The summed E-state index contributed by atoms with van der Waals surface area (Å²) in [6, 6.07) is 12.5. The Balaban J connectivity index is 1.90. The van der Waals surface area contributed by atoms with Crippen molar-refractivity contribution < 1.29 is 38.0 Å². The minimum atomic E-state index is -0.440. The maximum atomic E-state index is 14.1. The van der Waals surface area contributed by atoms with E-state index in [2.05, 4.69) is 0 Å². The number of fused-ring (bicyclic) bond motifs is 1. The van der Waals surface area contributed by atoms with Gasteiger partial charge in [0, 0.05) is 12.1 Å². The molecule has 1 amide bonds. The Morgan fingerprint density at radius 2 is 1.21 bits per heavy atom. The van der Waals surface area contributed by atoms with Gasteiger partial charge in [0.2, 0.25) is 5.75 Å². The molecule has 0 spiro atoms. The fourth-order valence-electron chi connectivity index (χ4n) is 4.92. The number of hydrogen-bond donors (Lipinski definition) is 0. The molecule has 1 aliphatic rings. The number of carbonyl (C=O) groups is 1. The van der Waals surface area contributed by atoms with E-state index in [9.17, 15) is 4.79 Å². The maximum absolute atomic E-state index is 14.1. The molecular formula is C29H33NO8. The van der Waals surface area contributed by atoms with Crippen molar-refractivity contribution in [3.63, 3.8) is 0 Å². The lowest BCUT2D eigenvalue weighted by Gasteiger charge is -2.38. The molecule has 1 unspecified atom stereocenters. The van der Waals surface area contributed by atoms with Gasteiger partial charge < -0.3 is 38.1 Å². The van der Waals surface area contributed by atoms with Gasteiger partial charge in [0.05, 0.1) is 55.8 Å². The van der Waals surface area contributed by atoms with Crippen LogP contribution in [0.25, 0.3) is 0 Å². The van der Waals surface area contributed by atoms with Crippen LogP contribution in [0.5, 0.6) is 40.2 Å². The van der Waals surface area contributed by atoms with Gasteiger partial charge in [0.25, 0.3) is 5.91 Å². The van der Waals surface area contributed by atoms with E-state index in [4.69, 9.17) is 33.2 Å². The summed E-state index contributed by atoms with van der Waals surface area (Å²) in [5, 5.41) is 0. The summed E-state index contributed by atoms with van der Waals surface area (Å²) in [5.74, 6) is 3.43. The number of nitrogens with zero attached hydrogens (tertiary/aromatic N) is 1. The fraction of sp³-hybridized carbons (Fsp3) is 0.345. The second-order valence-corrected chi connectivity index (χ2v) is 8.59. The van der Waals surface area contributed by atoms with Crippen molar-refractivity contribution in [2.45, 2.75) is 12.5 Å². The van der Waals surface area contributed by atoms with Crippen LogP contribution in [0.4, 0.5) is 0 Å². The first-order chi connectivity index (χ1) is 18.4. The van der Waals surface area contributed by atoms with Gasteiger partial charge in [-0.15, -0.1) is 0 Å². The molecule has 0 aliphatic carbocycles. The largest absolute Gasteiger partial charge is 0.493 e. The van der Waals surface area contributed by atoms with E-state index in [0.717, 1.165) is 16.7 Å². The van der Waals surface area contributed by atoms with E-state index in [1.54, 1.807) is 40.6 Å². The number of methoxy groups -OCH3 is 7. The highest BCUT2D eigenvalue weighted by Crippen LogP contribution is 2.44. The molecule has 3 aromatic rings. The van der Waals surface area contributed by atoms with Crippen LogP contribution in [0.15, 0.2) is 42.5 Å². The topological polar surface area (TPSA) is 84.9 Å². The van der Waals surface area contributed by atoms with Gasteiger partial charge >= 0.3 is 0 Å². The van der Waals surface area contributed by atoms with Crippen LogP contribution in [-0.2, 0) is 6.42 Å². The molecule has 0 aromatic heterocycles. The molecule has 0 bridgehead atoms. The van der Waals surface area contributed by atoms with Crippen molar-refractivity contribution in [2.75, 3.05) is 56.3 Å². The summed E-state index contributed by atoms with van der Waals surface area (Å²) in [6.45, 7) is 0.469. The predicted molar refractivity (Wildman–Crippen MR) is 142 cm³/mol. The van der Waals surface area contributed by atoms with E-state index in [1.807, 2.05) is 35.2 Å². The predicted octanol–water partition coefficient (Wildman–Crippen LogP) is 4.53. The first-order valence-electron chi connectivity index (χ1n) is 12.0. The summed E-state index contributed by atoms with van der Waals surface area (Å²) < 4.78 is 38.6. The van der Waals surface area contributed by atoms with Gasteiger partial charge in [-0.3, -0.25) is 4.79 Å². The molecule has 9 heteroatoms. The van der Waals surface area contributed by atoms with Crippen LogP contribution in [0.2, 0.25) is 0 Å². The van der Waals surface area contributed by atoms with Crippen molar-refractivity contribution in [1.29, 1.82) is 0 Å². The Morgan fingerprint density at radius 3 is 1.76 bits per heavy atom. The number of ether oxygens (including phenoxy) is 7. The minimum Gasteiger partial charge on any atom is -0.493 e. The lowest BCUT2D eigenvalue weighted by atomic mass is 9.87. The third kappa shape index (κ3) is 4.71. The Hall–Kier alpha value is -4.27. The smallest absolute Gasteiger partial charge is 0.254 e. The monoisotopic (exact) mass is 523 g/mol. The van der Waals surface area contributed by atoms with Crippen LogP contribution in [0.3, 0.4) is 0 Å². The number of amides is 1. The van der Waals surface area contributed by atoms with Crippen LogP contribution in [0.1, 0.15) is 33.1 Å². The average Bonchev–Trinajstić information content (AvgIpc) is 2.97. The Bertz CT molecular complexity index is 1300. The second kappa shape index (κ2) is 11.4. The highest BCUT2D eigenvalue weighted by atomic mass is 16.5. The van der Waals surface area contributed by atoms with Crippen LogP contribution in [0, 0.1) is 0 Å². The number of rotatable bonds is 9. The van der Waals surface area contributed by atoms with Gasteiger partial charge in [-0.25, -0.2) is 0 Å². The van der Waals surface area contributed by atoms with Crippen molar-refractivity contribution in [2.24, 2.45) is 0 Å². The molecule has 1 aliphatic heterocycles. The third-order valence-corrected chi connectivity index (χ3v) is 6.77. The zero-order valence-corrected chi connectivity index (χ0v) is 22.7. The summed E-state index contributed by atoms with van der Waals surface area (Å²) in [4.78, 5) is 16.0. The molecule has 0 radical (unpaired) electrons. The summed E-state index contributed by atoms with van der Waals surface area (Å²) in [6.07, 6.45) is 0.635. The van der Waals surface area contributed by atoms with Crippen molar-refractivity contribution in [3.8, 4) is 40.2 Å². The van der Waals surface area contributed by atoms with Gasteiger partial charge in [-0.05, 0) is 59.5 Å². The standard InChI is InChI=1S/C29H33NO8/c1-32-21-9-8-18(13-22(21)33-2)27-20-16-24(35-4)23(34-3)12-17(20)10-11-30(27)29(31)19-14-25(36-5)28(38-7)26(15-19)37-6/h8-9,12-16,27H,10-11H2,1-7H3. The molecule has 0 saturated carbocycles. The molecular weight excluding hydrogens is 490 g/mol. The van der Waals surface area contributed by atoms with Gasteiger partial charge in [0.15, 0.2) is 34.5 Å². The first-order valence-corrected chi connectivity index (χ1v) is 12.0. The zero-order valence-electron chi connectivity index (χ0n) is 22.7.